The molecule has 1 saturated heterocycles. The lowest BCUT2D eigenvalue weighted by molar-refractivity contribution is -0.141. The molecule has 2 rings (SSSR count). The van der Waals surface area contributed by atoms with Crippen LogP contribution in [0.25, 0.3) is 0 Å². The highest BCUT2D eigenvalue weighted by Crippen LogP contribution is 2.17. The van der Waals surface area contributed by atoms with Gasteiger partial charge in [-0.1, -0.05) is 12.1 Å². The average molecular weight is 277 g/mol. The highest BCUT2D eigenvalue weighted by atomic mass is 16.5. The number of benzene rings is 1. The van der Waals surface area contributed by atoms with Crippen LogP contribution in [-0.4, -0.2) is 41.6 Å². The number of carbonyl (C=O) groups excluding carboxylic acids is 1. The number of hydrogen-bond acceptors (Lipinski definition) is 3. The van der Waals surface area contributed by atoms with Gasteiger partial charge < -0.3 is 14.7 Å². The zero-order valence-electron chi connectivity index (χ0n) is 11.5. The van der Waals surface area contributed by atoms with Crippen LogP contribution >= 0.6 is 0 Å². The van der Waals surface area contributed by atoms with E-state index in [9.17, 15) is 9.59 Å². The van der Waals surface area contributed by atoms with Crippen LogP contribution in [0.15, 0.2) is 24.3 Å². The monoisotopic (exact) mass is 277 g/mol. The standard InChI is InChI=1S/C15H19NO4/c1-11-3-2-4-13(9-11)20-8-6-14(17)16-7-5-12(10-16)15(18)19/h2-4,9,12H,5-8,10H2,1H3,(H,18,19)/t12-/m0/s1. The molecule has 1 aromatic carbocycles. The van der Waals surface area contributed by atoms with Crippen molar-refractivity contribution in [3.63, 3.8) is 0 Å². The Labute approximate surface area is 118 Å². The van der Waals surface area contributed by atoms with Crippen LogP contribution in [0.1, 0.15) is 18.4 Å². The molecule has 5 nitrogen and oxygen atoms in total. The molecule has 0 radical (unpaired) electrons. The normalized spacial score (nSPS) is 18.1. The highest BCUT2D eigenvalue weighted by molar-refractivity contribution is 5.78. The molecule has 0 saturated carbocycles. The zero-order valence-corrected chi connectivity index (χ0v) is 11.5. The molecule has 0 bridgehead atoms. The van der Waals surface area contributed by atoms with E-state index in [2.05, 4.69) is 0 Å². The maximum absolute atomic E-state index is 11.9. The van der Waals surface area contributed by atoms with E-state index in [1.165, 1.54) is 0 Å². The molecule has 1 amide bonds. The number of carboxylic acid groups (broad SMARTS) is 1. The van der Waals surface area contributed by atoms with E-state index >= 15 is 0 Å². The summed E-state index contributed by atoms with van der Waals surface area (Å²) >= 11 is 0. The summed E-state index contributed by atoms with van der Waals surface area (Å²) in [5.41, 5.74) is 1.11. The third-order valence-electron chi connectivity index (χ3n) is 3.46. The molecule has 1 N–H and O–H groups in total. The van der Waals surface area contributed by atoms with Gasteiger partial charge in [0.25, 0.3) is 0 Å². The number of aliphatic carboxylic acids is 1. The highest BCUT2D eigenvalue weighted by Gasteiger charge is 2.30. The third kappa shape index (κ3) is 3.73. The number of hydrogen-bond donors (Lipinski definition) is 1. The van der Waals surface area contributed by atoms with E-state index in [4.69, 9.17) is 9.84 Å². The maximum Gasteiger partial charge on any atom is 0.308 e. The van der Waals surface area contributed by atoms with E-state index in [0.29, 0.717) is 26.1 Å². The van der Waals surface area contributed by atoms with Crippen LogP contribution in [-0.2, 0) is 9.59 Å². The molecule has 20 heavy (non-hydrogen) atoms. The van der Waals surface area contributed by atoms with Crippen molar-refractivity contribution in [2.75, 3.05) is 19.7 Å². The number of amides is 1. The lowest BCUT2D eigenvalue weighted by Crippen LogP contribution is -2.30. The number of rotatable bonds is 5. The van der Waals surface area contributed by atoms with Crippen molar-refractivity contribution in [2.45, 2.75) is 19.8 Å². The Morgan fingerprint density at radius 2 is 2.25 bits per heavy atom. The molecule has 1 atom stereocenters. The fraction of sp³-hybridized carbons (Fsp3) is 0.467. The summed E-state index contributed by atoms with van der Waals surface area (Å²) < 4.78 is 5.53. The van der Waals surface area contributed by atoms with Gasteiger partial charge in [0.2, 0.25) is 5.91 Å². The number of likely N-dealkylation sites (tertiary alicyclic amines) is 1. The first-order valence-electron chi connectivity index (χ1n) is 6.76. The number of carbonyl (C=O) groups is 2. The number of aryl methyl sites for hydroxylation is 1. The first-order valence-corrected chi connectivity index (χ1v) is 6.76. The van der Waals surface area contributed by atoms with Gasteiger partial charge in [-0.25, -0.2) is 0 Å². The second kappa shape index (κ2) is 6.41. The number of carboxylic acids is 1. The van der Waals surface area contributed by atoms with Gasteiger partial charge in [0, 0.05) is 13.1 Å². The van der Waals surface area contributed by atoms with E-state index < -0.39 is 11.9 Å². The first-order chi connectivity index (χ1) is 9.56. The summed E-state index contributed by atoms with van der Waals surface area (Å²) in [6.07, 6.45) is 0.820. The number of ether oxygens (including phenoxy) is 1. The summed E-state index contributed by atoms with van der Waals surface area (Å²) in [4.78, 5) is 24.4. The van der Waals surface area contributed by atoms with Crippen molar-refractivity contribution in [3.05, 3.63) is 29.8 Å². The second-order valence-electron chi connectivity index (χ2n) is 5.08. The predicted molar refractivity (Wildman–Crippen MR) is 73.6 cm³/mol. The molecule has 0 spiro atoms. The van der Waals surface area contributed by atoms with Gasteiger partial charge in [0.15, 0.2) is 0 Å². The van der Waals surface area contributed by atoms with Gasteiger partial charge in [-0.05, 0) is 31.0 Å². The van der Waals surface area contributed by atoms with Gasteiger partial charge in [-0.2, -0.15) is 0 Å². The van der Waals surface area contributed by atoms with Crippen molar-refractivity contribution >= 4 is 11.9 Å². The molecule has 1 aliphatic rings. The minimum atomic E-state index is -0.823. The van der Waals surface area contributed by atoms with Crippen LogP contribution in [0.5, 0.6) is 5.75 Å². The molecule has 0 aromatic heterocycles. The van der Waals surface area contributed by atoms with E-state index in [-0.39, 0.29) is 12.3 Å². The molecule has 1 aliphatic heterocycles. The fourth-order valence-corrected chi connectivity index (χ4v) is 2.31. The Morgan fingerprint density at radius 1 is 1.45 bits per heavy atom. The van der Waals surface area contributed by atoms with Gasteiger partial charge >= 0.3 is 5.97 Å². The summed E-state index contributed by atoms with van der Waals surface area (Å²) in [7, 11) is 0. The zero-order chi connectivity index (χ0) is 14.5. The van der Waals surface area contributed by atoms with E-state index in [0.717, 1.165) is 11.3 Å². The molecule has 0 aliphatic carbocycles. The second-order valence-corrected chi connectivity index (χ2v) is 5.08. The minimum absolute atomic E-state index is 0.0404. The van der Waals surface area contributed by atoms with Crippen molar-refractivity contribution < 1.29 is 19.4 Å². The molecule has 1 fully saturated rings. The quantitative estimate of drug-likeness (QED) is 0.889. The van der Waals surface area contributed by atoms with Gasteiger partial charge in [-0.15, -0.1) is 0 Å². The Hall–Kier alpha value is -2.04. The smallest absolute Gasteiger partial charge is 0.308 e. The van der Waals surface area contributed by atoms with Crippen LogP contribution in [0, 0.1) is 12.8 Å². The SMILES string of the molecule is Cc1cccc(OCCC(=O)N2CC[C@H](C(=O)O)C2)c1. The minimum Gasteiger partial charge on any atom is -0.493 e. The van der Waals surface area contributed by atoms with Gasteiger partial charge in [0.05, 0.1) is 18.9 Å². The van der Waals surface area contributed by atoms with Crippen LogP contribution in [0.2, 0.25) is 0 Å². The molecule has 108 valence electrons. The maximum atomic E-state index is 11.9. The Bertz CT molecular complexity index is 500. The summed E-state index contributed by atoms with van der Waals surface area (Å²) in [6, 6.07) is 7.66. The van der Waals surface area contributed by atoms with Gasteiger partial charge in [0.1, 0.15) is 5.75 Å². The molecule has 1 aromatic rings. The van der Waals surface area contributed by atoms with E-state index in [1.54, 1.807) is 4.90 Å². The molecule has 1 heterocycles. The first kappa shape index (κ1) is 14.4. The van der Waals surface area contributed by atoms with Crippen molar-refractivity contribution in [2.24, 2.45) is 5.92 Å². The summed E-state index contributed by atoms with van der Waals surface area (Å²) in [5, 5.41) is 8.90. The van der Waals surface area contributed by atoms with Gasteiger partial charge in [-0.3, -0.25) is 9.59 Å². The van der Waals surface area contributed by atoms with Crippen LogP contribution in [0.4, 0.5) is 0 Å². The van der Waals surface area contributed by atoms with Crippen molar-refractivity contribution in [1.82, 2.24) is 4.90 Å². The molecule has 5 heteroatoms. The lowest BCUT2D eigenvalue weighted by Gasteiger charge is -2.16. The lowest BCUT2D eigenvalue weighted by atomic mass is 10.1. The number of nitrogens with zero attached hydrogens (tertiary/aromatic N) is 1. The van der Waals surface area contributed by atoms with Crippen molar-refractivity contribution in [1.29, 1.82) is 0 Å². The largest absolute Gasteiger partial charge is 0.493 e. The Balaban J connectivity index is 1.75. The molecule has 0 unspecified atom stereocenters. The summed E-state index contributed by atoms with van der Waals surface area (Å²) in [5.74, 6) is -0.531. The third-order valence-corrected chi connectivity index (χ3v) is 3.46. The Kier molecular flexibility index (Phi) is 4.61. The van der Waals surface area contributed by atoms with Crippen molar-refractivity contribution in [3.8, 4) is 5.75 Å². The summed E-state index contributed by atoms with van der Waals surface area (Å²) in [6.45, 7) is 3.14. The molecular weight excluding hydrogens is 258 g/mol. The Morgan fingerprint density at radius 3 is 2.90 bits per heavy atom. The average Bonchev–Trinajstić information content (AvgIpc) is 2.88. The fourth-order valence-electron chi connectivity index (χ4n) is 2.31. The van der Waals surface area contributed by atoms with E-state index in [1.807, 2.05) is 31.2 Å². The predicted octanol–water partition coefficient (Wildman–Crippen LogP) is 1.70. The van der Waals surface area contributed by atoms with Crippen LogP contribution < -0.4 is 4.74 Å². The topological polar surface area (TPSA) is 66.8 Å². The molecular formula is C15H19NO4. The van der Waals surface area contributed by atoms with Crippen LogP contribution in [0.3, 0.4) is 0 Å².